The van der Waals surface area contributed by atoms with Crippen LogP contribution in [0, 0.1) is 0 Å². The summed E-state index contributed by atoms with van der Waals surface area (Å²) in [5, 5.41) is 5.28. The first kappa shape index (κ1) is 15.2. The summed E-state index contributed by atoms with van der Waals surface area (Å²) in [5.41, 5.74) is 3.27. The zero-order valence-corrected chi connectivity index (χ0v) is 14.5. The molecular formula is C15H23ClN4S. The highest BCUT2D eigenvalue weighted by molar-refractivity contribution is 7.99. The third-order valence-corrected chi connectivity index (χ3v) is 5.96. The van der Waals surface area contributed by atoms with Crippen molar-refractivity contribution in [3.63, 3.8) is 0 Å². The van der Waals surface area contributed by atoms with Crippen LogP contribution in [0.3, 0.4) is 0 Å². The number of imidazole rings is 1. The van der Waals surface area contributed by atoms with Crippen LogP contribution < -0.4 is 0 Å². The van der Waals surface area contributed by atoms with Gasteiger partial charge in [0.05, 0.1) is 11.6 Å². The molecule has 0 saturated heterocycles. The standard InChI is InChI=1S/C15H23ClN4S/c1-4-10-14-15(19(2)18-10)20(13(9-16)17-14)11-7-5-6-8-12(11)21-3/h11-12H,4-9H2,1-3H3. The molecule has 2 aromatic rings. The molecule has 1 fully saturated rings. The Balaban J connectivity index is 2.17. The van der Waals surface area contributed by atoms with E-state index in [0.29, 0.717) is 17.2 Å². The summed E-state index contributed by atoms with van der Waals surface area (Å²) in [5.74, 6) is 1.47. The SMILES string of the molecule is CCc1nn(C)c2c1nc(CCl)n2C1CCCCC1SC. The molecule has 0 aliphatic heterocycles. The van der Waals surface area contributed by atoms with Gasteiger partial charge in [0.2, 0.25) is 0 Å². The molecule has 0 amide bonds. The number of halogens is 1. The topological polar surface area (TPSA) is 35.6 Å². The van der Waals surface area contributed by atoms with Gasteiger partial charge < -0.3 is 4.57 Å². The molecule has 0 bridgehead atoms. The maximum Gasteiger partial charge on any atom is 0.159 e. The molecule has 1 aliphatic rings. The predicted octanol–water partition coefficient (Wildman–Crippen LogP) is 3.92. The number of nitrogens with zero attached hydrogens (tertiary/aromatic N) is 4. The van der Waals surface area contributed by atoms with E-state index >= 15 is 0 Å². The van der Waals surface area contributed by atoms with E-state index in [9.17, 15) is 0 Å². The quantitative estimate of drug-likeness (QED) is 0.799. The van der Waals surface area contributed by atoms with Crippen molar-refractivity contribution in [3.05, 3.63) is 11.5 Å². The summed E-state index contributed by atoms with van der Waals surface area (Å²) < 4.78 is 4.37. The second kappa shape index (κ2) is 6.21. The van der Waals surface area contributed by atoms with Crippen molar-refractivity contribution in [2.75, 3.05) is 6.26 Å². The summed E-state index contributed by atoms with van der Waals surface area (Å²) in [6, 6.07) is 0.493. The number of aryl methyl sites for hydroxylation is 2. The van der Waals surface area contributed by atoms with Crippen LogP contribution in [0.15, 0.2) is 0 Å². The van der Waals surface area contributed by atoms with E-state index in [1.807, 2.05) is 23.5 Å². The van der Waals surface area contributed by atoms with E-state index in [1.165, 1.54) is 25.7 Å². The van der Waals surface area contributed by atoms with E-state index in [-0.39, 0.29) is 0 Å². The molecule has 2 unspecified atom stereocenters. The highest BCUT2D eigenvalue weighted by atomic mass is 35.5. The smallest absolute Gasteiger partial charge is 0.159 e. The number of rotatable bonds is 4. The molecule has 0 radical (unpaired) electrons. The molecule has 116 valence electrons. The van der Waals surface area contributed by atoms with E-state index in [0.717, 1.165) is 29.1 Å². The first-order valence-corrected chi connectivity index (χ1v) is 9.54. The first-order valence-electron chi connectivity index (χ1n) is 7.72. The molecule has 6 heteroatoms. The minimum absolute atomic E-state index is 0.468. The maximum atomic E-state index is 6.20. The van der Waals surface area contributed by atoms with Gasteiger partial charge in [-0.2, -0.15) is 16.9 Å². The zero-order chi connectivity index (χ0) is 15.0. The Labute approximate surface area is 135 Å². The number of hydrogen-bond acceptors (Lipinski definition) is 3. The van der Waals surface area contributed by atoms with Crippen molar-refractivity contribution in [1.29, 1.82) is 0 Å². The van der Waals surface area contributed by atoms with E-state index in [1.54, 1.807) is 0 Å². The van der Waals surface area contributed by atoms with Crippen LogP contribution in [0.25, 0.3) is 11.2 Å². The van der Waals surface area contributed by atoms with Gasteiger partial charge >= 0.3 is 0 Å². The average molecular weight is 327 g/mol. The van der Waals surface area contributed by atoms with Gasteiger partial charge in [0, 0.05) is 18.3 Å². The Bertz CT molecular complexity index is 633. The number of alkyl halides is 1. The van der Waals surface area contributed by atoms with Gasteiger partial charge in [-0.25, -0.2) is 4.98 Å². The van der Waals surface area contributed by atoms with Gasteiger partial charge in [0.25, 0.3) is 0 Å². The van der Waals surface area contributed by atoms with Crippen LogP contribution in [0.1, 0.15) is 50.2 Å². The van der Waals surface area contributed by atoms with Gasteiger partial charge in [-0.15, -0.1) is 11.6 Å². The lowest BCUT2D eigenvalue weighted by molar-refractivity contribution is 0.362. The van der Waals surface area contributed by atoms with Crippen LogP contribution in [-0.4, -0.2) is 30.8 Å². The molecule has 0 spiro atoms. The summed E-state index contributed by atoms with van der Waals surface area (Å²) in [6.07, 6.45) is 8.26. The third kappa shape index (κ3) is 2.48. The number of hydrogen-bond donors (Lipinski definition) is 0. The number of thioether (sulfide) groups is 1. The molecule has 2 heterocycles. The maximum absolute atomic E-state index is 6.20. The second-order valence-electron chi connectivity index (χ2n) is 5.75. The number of aromatic nitrogens is 4. The molecular weight excluding hydrogens is 304 g/mol. The lowest BCUT2D eigenvalue weighted by atomic mass is 9.94. The molecule has 3 rings (SSSR count). The highest BCUT2D eigenvalue weighted by Crippen LogP contribution is 2.39. The molecule has 21 heavy (non-hydrogen) atoms. The minimum Gasteiger partial charge on any atom is -0.308 e. The largest absolute Gasteiger partial charge is 0.308 e. The molecule has 2 aromatic heterocycles. The van der Waals surface area contributed by atoms with Crippen molar-refractivity contribution >= 4 is 34.5 Å². The normalized spacial score (nSPS) is 23.0. The molecule has 2 atom stereocenters. The van der Waals surface area contributed by atoms with Gasteiger partial charge in [-0.05, 0) is 25.5 Å². The lowest BCUT2D eigenvalue weighted by Gasteiger charge is -2.32. The van der Waals surface area contributed by atoms with Crippen molar-refractivity contribution in [1.82, 2.24) is 19.3 Å². The zero-order valence-electron chi connectivity index (χ0n) is 13.0. The Morgan fingerprint density at radius 1 is 1.33 bits per heavy atom. The number of fused-ring (bicyclic) bond motifs is 1. The Kier molecular flexibility index (Phi) is 4.50. The van der Waals surface area contributed by atoms with Gasteiger partial charge in [-0.3, -0.25) is 4.68 Å². The highest BCUT2D eigenvalue weighted by Gasteiger charge is 2.30. The summed E-state index contributed by atoms with van der Waals surface area (Å²) >= 11 is 8.18. The monoisotopic (exact) mass is 326 g/mol. The summed E-state index contributed by atoms with van der Waals surface area (Å²) in [7, 11) is 2.02. The van der Waals surface area contributed by atoms with Gasteiger partial charge in [0.15, 0.2) is 5.65 Å². The first-order chi connectivity index (χ1) is 10.2. The molecule has 1 aliphatic carbocycles. The predicted molar refractivity (Wildman–Crippen MR) is 90.2 cm³/mol. The van der Waals surface area contributed by atoms with Crippen LogP contribution in [0.5, 0.6) is 0 Å². The minimum atomic E-state index is 0.468. The van der Waals surface area contributed by atoms with Gasteiger partial charge in [0.1, 0.15) is 11.3 Å². The second-order valence-corrected chi connectivity index (χ2v) is 7.10. The summed E-state index contributed by atoms with van der Waals surface area (Å²) in [6.45, 7) is 2.13. The Morgan fingerprint density at radius 2 is 2.10 bits per heavy atom. The van der Waals surface area contributed by atoms with E-state index in [4.69, 9.17) is 16.6 Å². The van der Waals surface area contributed by atoms with Crippen molar-refractivity contribution in [2.24, 2.45) is 7.05 Å². The van der Waals surface area contributed by atoms with Crippen LogP contribution in [0.4, 0.5) is 0 Å². The fraction of sp³-hybridized carbons (Fsp3) is 0.733. The van der Waals surface area contributed by atoms with Crippen LogP contribution in [-0.2, 0) is 19.3 Å². The van der Waals surface area contributed by atoms with Crippen LogP contribution in [0.2, 0.25) is 0 Å². The van der Waals surface area contributed by atoms with Gasteiger partial charge in [-0.1, -0.05) is 19.8 Å². The fourth-order valence-electron chi connectivity index (χ4n) is 3.58. The van der Waals surface area contributed by atoms with Crippen molar-refractivity contribution in [3.8, 4) is 0 Å². The van der Waals surface area contributed by atoms with Crippen molar-refractivity contribution in [2.45, 2.75) is 56.2 Å². The molecule has 1 saturated carbocycles. The molecule has 4 nitrogen and oxygen atoms in total. The van der Waals surface area contributed by atoms with E-state index < -0.39 is 0 Å². The third-order valence-electron chi connectivity index (χ3n) is 4.57. The lowest BCUT2D eigenvalue weighted by Crippen LogP contribution is -2.27. The molecule has 0 N–H and O–H groups in total. The average Bonchev–Trinajstić information content (AvgIpc) is 3.04. The summed E-state index contributed by atoms with van der Waals surface area (Å²) in [4.78, 5) is 4.81. The van der Waals surface area contributed by atoms with Crippen molar-refractivity contribution < 1.29 is 0 Å². The Hall–Kier alpha value is -0.680. The molecule has 0 aromatic carbocycles. The van der Waals surface area contributed by atoms with E-state index in [2.05, 4.69) is 22.8 Å². The Morgan fingerprint density at radius 3 is 2.76 bits per heavy atom. The fourth-order valence-corrected chi connectivity index (χ4v) is 4.74. The van der Waals surface area contributed by atoms with Crippen LogP contribution >= 0.6 is 23.4 Å².